The van der Waals surface area contributed by atoms with Crippen molar-refractivity contribution in [3.63, 3.8) is 0 Å². The molecule has 0 aliphatic rings. The van der Waals surface area contributed by atoms with E-state index in [1.165, 1.54) is 10.9 Å². The minimum absolute atomic E-state index is 0.0797. The molecule has 0 unspecified atom stereocenters. The predicted molar refractivity (Wildman–Crippen MR) is 51.9 cm³/mol. The van der Waals surface area contributed by atoms with Crippen molar-refractivity contribution in [1.82, 2.24) is 15.0 Å². The van der Waals surface area contributed by atoms with Crippen LogP contribution in [0.2, 0.25) is 0 Å². The van der Waals surface area contributed by atoms with Crippen molar-refractivity contribution < 1.29 is 9.90 Å². The highest BCUT2D eigenvalue weighted by atomic mass is 16.4. The molecule has 0 aliphatic carbocycles. The smallest absolute Gasteiger partial charge is 0.358 e. The molecule has 1 N–H and O–H groups in total. The third kappa shape index (κ3) is 1.85. The van der Waals surface area contributed by atoms with E-state index in [4.69, 9.17) is 5.11 Å². The van der Waals surface area contributed by atoms with Crippen LogP contribution < -0.4 is 0 Å². The summed E-state index contributed by atoms with van der Waals surface area (Å²) >= 11 is 0. The summed E-state index contributed by atoms with van der Waals surface area (Å²) in [5.41, 5.74) is 1.67. The van der Waals surface area contributed by atoms with Gasteiger partial charge < -0.3 is 5.11 Å². The molecular formula is C10H8N3O2. The number of aromatic nitrogens is 3. The van der Waals surface area contributed by atoms with Crippen LogP contribution in [0.15, 0.2) is 24.4 Å². The summed E-state index contributed by atoms with van der Waals surface area (Å²) in [6.07, 6.45) is 1.35. The fraction of sp³-hybridized carbons (Fsp3) is 0.100. The molecule has 1 aromatic heterocycles. The zero-order valence-electron chi connectivity index (χ0n) is 8.01. The summed E-state index contributed by atoms with van der Waals surface area (Å²) in [6, 6.07) is 8.47. The molecule has 0 amide bonds. The Hall–Kier alpha value is -2.17. The molecule has 2 aromatic rings. The van der Waals surface area contributed by atoms with Crippen LogP contribution in [0.25, 0.3) is 5.69 Å². The van der Waals surface area contributed by atoms with Crippen LogP contribution in [-0.2, 0) is 0 Å². The monoisotopic (exact) mass is 202 g/mol. The first-order chi connectivity index (χ1) is 7.16. The van der Waals surface area contributed by atoms with Crippen molar-refractivity contribution in [3.8, 4) is 5.69 Å². The minimum Gasteiger partial charge on any atom is -0.476 e. The summed E-state index contributed by atoms with van der Waals surface area (Å²) in [6.45, 7) is 1.95. The molecule has 15 heavy (non-hydrogen) atoms. The van der Waals surface area contributed by atoms with Gasteiger partial charge in [0.15, 0.2) is 5.69 Å². The lowest BCUT2D eigenvalue weighted by Crippen LogP contribution is -1.96. The van der Waals surface area contributed by atoms with Crippen molar-refractivity contribution in [1.29, 1.82) is 0 Å². The van der Waals surface area contributed by atoms with E-state index < -0.39 is 5.97 Å². The lowest BCUT2D eigenvalue weighted by Gasteiger charge is -1.98. The van der Waals surface area contributed by atoms with Gasteiger partial charge in [-0.15, -0.1) is 5.10 Å². The Balaban J connectivity index is 2.37. The number of carboxylic acid groups (broad SMARTS) is 1. The van der Waals surface area contributed by atoms with Gasteiger partial charge in [0.05, 0.1) is 11.9 Å². The molecule has 2 rings (SSSR count). The molecule has 0 fully saturated rings. The first-order valence-corrected chi connectivity index (χ1v) is 4.31. The summed E-state index contributed by atoms with van der Waals surface area (Å²) in [5.74, 6) is -1.09. The number of carbonyl (C=O) groups is 1. The van der Waals surface area contributed by atoms with Crippen molar-refractivity contribution in [2.24, 2.45) is 0 Å². The van der Waals surface area contributed by atoms with Gasteiger partial charge in [0.2, 0.25) is 0 Å². The number of aryl methyl sites for hydroxylation is 1. The quantitative estimate of drug-likeness (QED) is 0.791. The molecule has 1 heterocycles. The van der Waals surface area contributed by atoms with Crippen LogP contribution in [-0.4, -0.2) is 26.1 Å². The van der Waals surface area contributed by atoms with Crippen LogP contribution >= 0.6 is 0 Å². The van der Waals surface area contributed by atoms with Gasteiger partial charge in [-0.1, -0.05) is 16.8 Å². The molecule has 1 aromatic carbocycles. The van der Waals surface area contributed by atoms with Crippen molar-refractivity contribution in [3.05, 3.63) is 41.7 Å². The standard InChI is InChI=1S/C10H8N3O2/c1-7-2-4-8(5-3-7)13-6-9(10(14)15)11-12-13/h2-4,6H,1H3,(H,14,15). The summed E-state index contributed by atoms with van der Waals surface area (Å²) in [7, 11) is 0. The van der Waals surface area contributed by atoms with Crippen molar-refractivity contribution in [2.45, 2.75) is 6.92 Å². The Bertz CT molecular complexity index is 488. The Labute approximate surface area is 86.0 Å². The maximum Gasteiger partial charge on any atom is 0.358 e. The lowest BCUT2D eigenvalue weighted by molar-refractivity contribution is 0.0690. The van der Waals surface area contributed by atoms with Gasteiger partial charge in [-0.05, 0) is 19.1 Å². The van der Waals surface area contributed by atoms with E-state index >= 15 is 0 Å². The molecule has 0 spiro atoms. The number of carboxylic acids is 1. The Kier molecular flexibility index (Phi) is 2.21. The molecule has 0 bridgehead atoms. The predicted octanol–water partition coefficient (Wildman–Crippen LogP) is 1.07. The SMILES string of the molecule is Cc1c[c]c(-n2cc(C(=O)O)nn2)cc1. The molecule has 0 aliphatic heterocycles. The number of rotatable bonds is 2. The van der Waals surface area contributed by atoms with Crippen LogP contribution in [0.4, 0.5) is 0 Å². The summed E-state index contributed by atoms with van der Waals surface area (Å²) in [5, 5.41) is 15.9. The summed E-state index contributed by atoms with van der Waals surface area (Å²) in [4.78, 5) is 10.6. The van der Waals surface area contributed by atoms with Crippen molar-refractivity contribution >= 4 is 5.97 Å². The first-order valence-electron chi connectivity index (χ1n) is 4.31. The number of hydrogen-bond acceptors (Lipinski definition) is 3. The highest BCUT2D eigenvalue weighted by Gasteiger charge is 2.08. The lowest BCUT2D eigenvalue weighted by atomic mass is 10.2. The van der Waals surface area contributed by atoms with Crippen LogP contribution in [0.1, 0.15) is 16.1 Å². The molecule has 5 heteroatoms. The average molecular weight is 202 g/mol. The minimum atomic E-state index is -1.09. The van der Waals surface area contributed by atoms with E-state index in [1.54, 1.807) is 12.1 Å². The van der Waals surface area contributed by atoms with Crippen molar-refractivity contribution in [2.75, 3.05) is 0 Å². The van der Waals surface area contributed by atoms with Gasteiger partial charge in [-0.3, -0.25) is 0 Å². The van der Waals surface area contributed by atoms with E-state index in [9.17, 15) is 4.79 Å². The van der Waals surface area contributed by atoms with E-state index in [0.717, 1.165) is 5.56 Å². The van der Waals surface area contributed by atoms with E-state index in [-0.39, 0.29) is 5.69 Å². The zero-order chi connectivity index (χ0) is 10.8. The Morgan fingerprint density at radius 3 is 2.87 bits per heavy atom. The molecular weight excluding hydrogens is 194 g/mol. The van der Waals surface area contributed by atoms with Gasteiger partial charge >= 0.3 is 5.97 Å². The van der Waals surface area contributed by atoms with Crippen LogP contribution in [0.5, 0.6) is 0 Å². The van der Waals surface area contributed by atoms with Gasteiger partial charge in [0.1, 0.15) is 0 Å². The van der Waals surface area contributed by atoms with E-state index in [1.807, 2.05) is 13.0 Å². The largest absolute Gasteiger partial charge is 0.476 e. The van der Waals surface area contributed by atoms with Gasteiger partial charge in [-0.2, -0.15) is 0 Å². The Morgan fingerprint density at radius 2 is 2.33 bits per heavy atom. The van der Waals surface area contributed by atoms with E-state index in [2.05, 4.69) is 16.4 Å². The topological polar surface area (TPSA) is 68.0 Å². The molecule has 75 valence electrons. The fourth-order valence-corrected chi connectivity index (χ4v) is 1.12. The highest BCUT2D eigenvalue weighted by molar-refractivity contribution is 5.84. The second-order valence-electron chi connectivity index (χ2n) is 3.10. The third-order valence-corrected chi connectivity index (χ3v) is 1.91. The van der Waals surface area contributed by atoms with Crippen LogP contribution in [0, 0.1) is 13.0 Å². The third-order valence-electron chi connectivity index (χ3n) is 1.91. The molecule has 0 saturated heterocycles. The number of benzene rings is 1. The van der Waals surface area contributed by atoms with Crippen LogP contribution in [0.3, 0.4) is 0 Å². The number of aromatic carboxylic acids is 1. The molecule has 0 saturated carbocycles. The second kappa shape index (κ2) is 3.53. The highest BCUT2D eigenvalue weighted by Crippen LogP contribution is 2.07. The molecule has 5 nitrogen and oxygen atoms in total. The van der Waals surface area contributed by atoms with E-state index in [0.29, 0.717) is 5.69 Å². The second-order valence-corrected chi connectivity index (χ2v) is 3.10. The van der Waals surface area contributed by atoms with Gasteiger partial charge in [-0.25, -0.2) is 9.48 Å². The zero-order valence-corrected chi connectivity index (χ0v) is 8.01. The fourth-order valence-electron chi connectivity index (χ4n) is 1.12. The van der Waals surface area contributed by atoms with Gasteiger partial charge in [0, 0.05) is 6.07 Å². The van der Waals surface area contributed by atoms with Gasteiger partial charge in [0.25, 0.3) is 0 Å². The Morgan fingerprint density at radius 1 is 1.53 bits per heavy atom. The number of nitrogens with zero attached hydrogens (tertiary/aromatic N) is 3. The molecule has 1 radical (unpaired) electrons. The maximum absolute atomic E-state index is 10.6. The average Bonchev–Trinajstić information content (AvgIpc) is 2.68. The molecule has 0 atom stereocenters. The summed E-state index contributed by atoms with van der Waals surface area (Å²) < 4.78 is 1.38. The first kappa shape index (κ1) is 9.39. The normalized spacial score (nSPS) is 10.2. The maximum atomic E-state index is 10.6. The number of hydrogen-bond donors (Lipinski definition) is 1.